The molecule has 1 aliphatic heterocycles. The smallest absolute Gasteiger partial charge is 0.270 e. The number of likely N-dealkylation sites (tertiary alicyclic amines) is 1. The van der Waals surface area contributed by atoms with E-state index in [1.54, 1.807) is 0 Å². The van der Waals surface area contributed by atoms with Gasteiger partial charge in [-0.15, -0.1) is 0 Å². The first-order valence-electron chi connectivity index (χ1n) is 7.90. The Balaban J connectivity index is 1.70. The predicted molar refractivity (Wildman–Crippen MR) is 79.9 cm³/mol. The van der Waals surface area contributed by atoms with Gasteiger partial charge in [-0.25, -0.2) is 0 Å². The highest BCUT2D eigenvalue weighted by Gasteiger charge is 2.28. The summed E-state index contributed by atoms with van der Waals surface area (Å²) in [6.45, 7) is 2.82. The summed E-state index contributed by atoms with van der Waals surface area (Å²) in [4.78, 5) is 14.8. The maximum Gasteiger partial charge on any atom is 0.270 e. The molecule has 1 aliphatic carbocycles. The van der Waals surface area contributed by atoms with E-state index in [9.17, 15) is 4.79 Å². The molecule has 1 saturated heterocycles. The summed E-state index contributed by atoms with van der Waals surface area (Å²) in [5.41, 5.74) is 0.889. The van der Waals surface area contributed by atoms with Gasteiger partial charge in [0.1, 0.15) is 5.69 Å². The van der Waals surface area contributed by atoms with Gasteiger partial charge in [-0.3, -0.25) is 4.79 Å². The van der Waals surface area contributed by atoms with Crippen LogP contribution in [0.1, 0.15) is 48.6 Å². The second kappa shape index (κ2) is 6.00. The lowest BCUT2D eigenvalue weighted by Gasteiger charge is -2.34. The molecule has 1 aromatic rings. The van der Waals surface area contributed by atoms with Crippen LogP contribution in [0, 0.1) is 5.92 Å². The van der Waals surface area contributed by atoms with Gasteiger partial charge in [-0.05, 0) is 63.7 Å². The van der Waals surface area contributed by atoms with Gasteiger partial charge in [0.2, 0.25) is 0 Å². The number of piperidine rings is 1. The van der Waals surface area contributed by atoms with E-state index < -0.39 is 0 Å². The molecule has 1 saturated carbocycles. The summed E-state index contributed by atoms with van der Waals surface area (Å²) >= 11 is 0. The summed E-state index contributed by atoms with van der Waals surface area (Å²) < 4.78 is 2.20. The molecule has 0 spiro atoms. The van der Waals surface area contributed by atoms with Crippen LogP contribution in [-0.4, -0.2) is 42.1 Å². The topological polar surface area (TPSA) is 37.3 Å². The van der Waals surface area contributed by atoms with Crippen LogP contribution in [0.15, 0.2) is 18.3 Å². The third-order valence-corrected chi connectivity index (χ3v) is 4.77. The number of carbonyl (C=O) groups excluding carboxylic acids is 1. The van der Waals surface area contributed by atoms with E-state index in [0.29, 0.717) is 12.0 Å². The van der Waals surface area contributed by atoms with E-state index in [1.807, 2.05) is 19.2 Å². The summed E-state index contributed by atoms with van der Waals surface area (Å²) in [5.74, 6) is 0.826. The highest BCUT2D eigenvalue weighted by atomic mass is 16.2. The molecule has 1 unspecified atom stereocenters. The first-order chi connectivity index (χ1) is 9.79. The zero-order valence-electron chi connectivity index (χ0n) is 12.3. The Kier molecular flexibility index (Phi) is 4.10. The predicted octanol–water partition coefficient (Wildman–Crippen LogP) is 2.28. The van der Waals surface area contributed by atoms with Crippen molar-refractivity contribution in [1.29, 1.82) is 0 Å². The van der Waals surface area contributed by atoms with Crippen molar-refractivity contribution in [2.75, 3.05) is 26.7 Å². The summed E-state index contributed by atoms with van der Waals surface area (Å²) in [7, 11) is 1.99. The Morgan fingerprint density at radius 2 is 2.20 bits per heavy atom. The molecule has 20 heavy (non-hydrogen) atoms. The van der Waals surface area contributed by atoms with Crippen LogP contribution in [0.2, 0.25) is 0 Å². The van der Waals surface area contributed by atoms with Crippen LogP contribution in [0.3, 0.4) is 0 Å². The highest BCUT2D eigenvalue weighted by molar-refractivity contribution is 5.93. The van der Waals surface area contributed by atoms with E-state index in [-0.39, 0.29) is 5.91 Å². The van der Waals surface area contributed by atoms with E-state index >= 15 is 0 Å². The van der Waals surface area contributed by atoms with Gasteiger partial charge in [0.15, 0.2) is 0 Å². The summed E-state index contributed by atoms with van der Waals surface area (Å²) in [6, 6.07) is 4.56. The Morgan fingerprint density at radius 1 is 1.35 bits per heavy atom. The minimum absolute atomic E-state index is 0.225. The van der Waals surface area contributed by atoms with Crippen LogP contribution in [0.4, 0.5) is 0 Å². The third kappa shape index (κ3) is 2.62. The highest BCUT2D eigenvalue weighted by Crippen LogP contribution is 2.33. The van der Waals surface area contributed by atoms with Crippen molar-refractivity contribution in [3.05, 3.63) is 24.0 Å². The molecule has 2 heterocycles. The van der Waals surface area contributed by atoms with Gasteiger partial charge in [0, 0.05) is 25.3 Å². The Hall–Kier alpha value is -1.29. The first-order valence-corrected chi connectivity index (χ1v) is 7.90. The van der Waals surface area contributed by atoms with Crippen LogP contribution < -0.4 is 5.32 Å². The lowest BCUT2D eigenvalue weighted by molar-refractivity contribution is 0.0657. The Bertz CT molecular complexity index is 462. The average molecular weight is 275 g/mol. The normalized spacial score (nSPS) is 23.6. The van der Waals surface area contributed by atoms with Crippen LogP contribution >= 0.6 is 0 Å². The largest absolute Gasteiger partial charge is 0.340 e. The molecule has 2 aliphatic rings. The molecule has 1 atom stereocenters. The zero-order chi connectivity index (χ0) is 13.9. The summed E-state index contributed by atoms with van der Waals surface area (Å²) in [5, 5.41) is 3.24. The monoisotopic (exact) mass is 275 g/mol. The van der Waals surface area contributed by atoms with E-state index in [4.69, 9.17) is 0 Å². The number of aromatic nitrogens is 1. The second-order valence-electron chi connectivity index (χ2n) is 6.20. The number of hydrogen-bond acceptors (Lipinski definition) is 2. The lowest BCUT2D eigenvalue weighted by atomic mass is 9.92. The third-order valence-electron chi connectivity index (χ3n) is 4.77. The van der Waals surface area contributed by atoms with Crippen molar-refractivity contribution >= 4 is 5.91 Å². The van der Waals surface area contributed by atoms with Crippen LogP contribution in [0.5, 0.6) is 0 Å². The van der Waals surface area contributed by atoms with E-state index in [1.165, 1.54) is 25.7 Å². The molecule has 1 aromatic heterocycles. The number of amides is 1. The van der Waals surface area contributed by atoms with Crippen molar-refractivity contribution in [2.45, 2.75) is 38.1 Å². The van der Waals surface area contributed by atoms with Crippen molar-refractivity contribution in [1.82, 2.24) is 14.8 Å². The molecule has 4 heteroatoms. The van der Waals surface area contributed by atoms with Crippen molar-refractivity contribution in [3.63, 3.8) is 0 Å². The van der Waals surface area contributed by atoms with E-state index in [2.05, 4.69) is 21.0 Å². The molecule has 0 aromatic carbocycles. The maximum atomic E-state index is 12.8. The molecule has 4 nitrogen and oxygen atoms in total. The van der Waals surface area contributed by atoms with Crippen LogP contribution in [-0.2, 0) is 0 Å². The standard InChI is InChI=1S/C16H25N3O/c1-17-11-13-5-3-9-18(12-13)16(20)15-8-4-10-19(15)14-6-2-7-14/h4,8,10,13-14,17H,2-3,5-7,9,11-12H2,1H3. The van der Waals surface area contributed by atoms with Gasteiger partial charge in [-0.2, -0.15) is 0 Å². The molecule has 3 rings (SSSR count). The number of hydrogen-bond donors (Lipinski definition) is 1. The lowest BCUT2D eigenvalue weighted by Crippen LogP contribution is -2.43. The second-order valence-corrected chi connectivity index (χ2v) is 6.20. The van der Waals surface area contributed by atoms with E-state index in [0.717, 1.165) is 31.7 Å². The van der Waals surface area contributed by atoms with Gasteiger partial charge in [0.05, 0.1) is 0 Å². The molecule has 1 N–H and O–H groups in total. The van der Waals surface area contributed by atoms with Crippen molar-refractivity contribution in [2.24, 2.45) is 5.92 Å². The maximum absolute atomic E-state index is 12.8. The number of nitrogens with zero attached hydrogens (tertiary/aromatic N) is 2. The minimum Gasteiger partial charge on any atom is -0.340 e. The number of carbonyl (C=O) groups is 1. The van der Waals surface area contributed by atoms with Crippen molar-refractivity contribution < 1.29 is 4.79 Å². The molecule has 0 radical (unpaired) electrons. The summed E-state index contributed by atoms with van der Waals surface area (Å²) in [6.07, 6.45) is 8.17. The molecule has 1 amide bonds. The van der Waals surface area contributed by atoms with Gasteiger partial charge < -0.3 is 14.8 Å². The molecule has 2 fully saturated rings. The fourth-order valence-corrected chi connectivity index (χ4v) is 3.43. The molecular formula is C16H25N3O. The quantitative estimate of drug-likeness (QED) is 0.915. The van der Waals surface area contributed by atoms with Gasteiger partial charge >= 0.3 is 0 Å². The molecule has 110 valence electrons. The average Bonchev–Trinajstić information content (AvgIpc) is 2.85. The van der Waals surface area contributed by atoms with Crippen LogP contribution in [0.25, 0.3) is 0 Å². The Labute approximate surface area is 121 Å². The number of rotatable bonds is 4. The minimum atomic E-state index is 0.225. The number of nitrogens with one attached hydrogen (secondary N) is 1. The Morgan fingerprint density at radius 3 is 2.90 bits per heavy atom. The molecule has 0 bridgehead atoms. The first kappa shape index (κ1) is 13.7. The van der Waals surface area contributed by atoms with Gasteiger partial charge in [0.25, 0.3) is 5.91 Å². The fraction of sp³-hybridized carbons (Fsp3) is 0.688. The SMILES string of the molecule is CNCC1CCCN(C(=O)c2cccn2C2CCC2)C1. The fourth-order valence-electron chi connectivity index (χ4n) is 3.43. The molecular weight excluding hydrogens is 250 g/mol. The van der Waals surface area contributed by atoms with Gasteiger partial charge in [-0.1, -0.05) is 0 Å². The van der Waals surface area contributed by atoms with Crippen molar-refractivity contribution in [3.8, 4) is 0 Å². The zero-order valence-corrected chi connectivity index (χ0v) is 12.3.